The molecule has 1 amide bonds. The van der Waals surface area contributed by atoms with Crippen LogP contribution in [0.15, 0.2) is 42.5 Å². The highest BCUT2D eigenvalue weighted by Gasteiger charge is 2.34. The number of carbonyl (C=O) groups excluding carboxylic acids is 1. The van der Waals surface area contributed by atoms with Crippen molar-refractivity contribution in [3.05, 3.63) is 58.1 Å². The lowest BCUT2D eigenvalue weighted by atomic mass is 9.96. The number of likely N-dealkylation sites (N-methyl/N-ethyl adjacent to an activating group) is 1. The number of nitrogens with zero attached hydrogens (tertiary/aromatic N) is 2. The van der Waals surface area contributed by atoms with Gasteiger partial charge in [-0.3, -0.25) is 9.69 Å². The number of likely N-dealkylation sites (tertiary alicyclic amines) is 1. The Bertz CT molecular complexity index is 885. The van der Waals surface area contributed by atoms with E-state index in [2.05, 4.69) is 4.90 Å². The molecule has 154 valence electrons. The van der Waals surface area contributed by atoms with Gasteiger partial charge in [0.2, 0.25) is 5.91 Å². The number of para-hydroxylation sites is 2. The van der Waals surface area contributed by atoms with Gasteiger partial charge in [0, 0.05) is 23.6 Å². The van der Waals surface area contributed by atoms with Crippen molar-refractivity contribution < 1.29 is 9.53 Å². The van der Waals surface area contributed by atoms with Crippen molar-refractivity contribution in [1.29, 1.82) is 0 Å². The standard InChI is InChI=1S/C23H26Cl2N2O2/c1-26(20-8-2-3-10-22(20)29-18-6-4-7-18)23(28)21-9-5-13-27(21)15-16-14-17(24)11-12-19(16)25/h2-3,8,10-12,14,18,21H,4-7,9,13,15H2,1H3/t21-/m0/s1. The van der Waals surface area contributed by atoms with Crippen LogP contribution in [0.5, 0.6) is 5.75 Å². The third-order valence-corrected chi connectivity index (χ3v) is 6.54. The van der Waals surface area contributed by atoms with E-state index in [4.69, 9.17) is 27.9 Å². The van der Waals surface area contributed by atoms with E-state index in [-0.39, 0.29) is 18.1 Å². The molecule has 0 spiro atoms. The topological polar surface area (TPSA) is 32.8 Å². The third kappa shape index (κ3) is 4.55. The lowest BCUT2D eigenvalue weighted by Crippen LogP contribution is -2.44. The van der Waals surface area contributed by atoms with Crippen LogP contribution in [-0.4, -0.2) is 36.5 Å². The molecule has 0 radical (unpaired) electrons. The normalized spacial score (nSPS) is 19.8. The SMILES string of the molecule is CN(C(=O)[C@@H]1CCCN1Cc1cc(Cl)ccc1Cl)c1ccccc1OC1CCC1. The number of rotatable bonds is 6. The quantitative estimate of drug-likeness (QED) is 0.599. The Balaban J connectivity index is 1.50. The Morgan fingerprint density at radius 2 is 1.93 bits per heavy atom. The molecule has 29 heavy (non-hydrogen) atoms. The van der Waals surface area contributed by atoms with E-state index in [0.29, 0.717) is 16.6 Å². The smallest absolute Gasteiger partial charge is 0.244 e. The molecule has 1 saturated heterocycles. The van der Waals surface area contributed by atoms with Gasteiger partial charge in [0.15, 0.2) is 0 Å². The largest absolute Gasteiger partial charge is 0.488 e. The molecule has 0 N–H and O–H groups in total. The fourth-order valence-corrected chi connectivity index (χ4v) is 4.39. The first-order valence-electron chi connectivity index (χ1n) is 10.2. The molecular formula is C23H26Cl2N2O2. The summed E-state index contributed by atoms with van der Waals surface area (Å²) in [4.78, 5) is 17.3. The Kier molecular flexibility index (Phi) is 6.33. The highest BCUT2D eigenvalue weighted by Crippen LogP contribution is 2.34. The van der Waals surface area contributed by atoms with Crippen molar-refractivity contribution in [2.45, 2.75) is 50.8 Å². The second-order valence-corrected chi connectivity index (χ2v) is 8.74. The zero-order valence-electron chi connectivity index (χ0n) is 16.6. The Morgan fingerprint density at radius 1 is 1.14 bits per heavy atom. The van der Waals surface area contributed by atoms with Crippen molar-refractivity contribution in [3.63, 3.8) is 0 Å². The highest BCUT2D eigenvalue weighted by molar-refractivity contribution is 6.33. The van der Waals surface area contributed by atoms with Crippen LogP contribution in [0.1, 0.15) is 37.7 Å². The van der Waals surface area contributed by atoms with Gasteiger partial charge >= 0.3 is 0 Å². The fraction of sp³-hybridized carbons (Fsp3) is 0.435. The lowest BCUT2D eigenvalue weighted by Gasteiger charge is -2.31. The first-order chi connectivity index (χ1) is 14.0. The summed E-state index contributed by atoms with van der Waals surface area (Å²) in [5.74, 6) is 0.876. The van der Waals surface area contributed by atoms with Crippen molar-refractivity contribution in [3.8, 4) is 5.75 Å². The first-order valence-corrected chi connectivity index (χ1v) is 11.0. The summed E-state index contributed by atoms with van der Waals surface area (Å²) in [6.45, 7) is 1.48. The number of anilines is 1. The second kappa shape index (κ2) is 8.95. The molecule has 1 aliphatic carbocycles. The first kappa shape index (κ1) is 20.5. The van der Waals surface area contributed by atoms with E-state index in [0.717, 1.165) is 49.2 Å². The van der Waals surface area contributed by atoms with E-state index < -0.39 is 0 Å². The molecule has 2 aromatic rings. The van der Waals surface area contributed by atoms with Gasteiger partial charge in [-0.1, -0.05) is 35.3 Å². The minimum absolute atomic E-state index is 0.0882. The van der Waals surface area contributed by atoms with E-state index in [1.165, 1.54) is 6.42 Å². The van der Waals surface area contributed by atoms with Crippen molar-refractivity contribution in [1.82, 2.24) is 4.90 Å². The predicted octanol–water partition coefficient (Wildman–Crippen LogP) is 5.55. The van der Waals surface area contributed by atoms with Crippen molar-refractivity contribution in [2.75, 3.05) is 18.5 Å². The molecule has 1 aliphatic heterocycles. The number of benzene rings is 2. The number of amides is 1. The van der Waals surface area contributed by atoms with Gasteiger partial charge in [-0.2, -0.15) is 0 Å². The van der Waals surface area contributed by atoms with Crippen LogP contribution in [-0.2, 0) is 11.3 Å². The molecule has 4 rings (SSSR count). The molecule has 4 nitrogen and oxygen atoms in total. The Hall–Kier alpha value is -1.75. The molecule has 2 aromatic carbocycles. The summed E-state index contributed by atoms with van der Waals surface area (Å²) in [7, 11) is 1.84. The van der Waals surface area contributed by atoms with E-state index in [9.17, 15) is 4.79 Å². The summed E-state index contributed by atoms with van der Waals surface area (Å²) in [5, 5.41) is 1.34. The minimum atomic E-state index is -0.174. The number of halogens is 2. The lowest BCUT2D eigenvalue weighted by molar-refractivity contribution is -0.122. The zero-order chi connectivity index (χ0) is 20.4. The van der Waals surface area contributed by atoms with Crippen LogP contribution in [0.25, 0.3) is 0 Å². The van der Waals surface area contributed by atoms with Gasteiger partial charge in [-0.05, 0) is 74.5 Å². The number of ether oxygens (including phenoxy) is 1. The van der Waals surface area contributed by atoms with Crippen LogP contribution in [0.3, 0.4) is 0 Å². The molecular weight excluding hydrogens is 407 g/mol. The maximum Gasteiger partial charge on any atom is 0.244 e. The average molecular weight is 433 g/mol. The maximum atomic E-state index is 13.4. The summed E-state index contributed by atoms with van der Waals surface area (Å²) in [5.41, 5.74) is 1.78. The zero-order valence-corrected chi connectivity index (χ0v) is 18.1. The molecule has 0 bridgehead atoms. The molecule has 0 unspecified atom stereocenters. The van der Waals surface area contributed by atoms with Crippen molar-refractivity contribution >= 4 is 34.8 Å². The van der Waals surface area contributed by atoms with Crippen LogP contribution < -0.4 is 9.64 Å². The summed E-state index contributed by atoms with van der Waals surface area (Å²) in [6.07, 6.45) is 5.49. The molecule has 1 heterocycles. The number of carbonyl (C=O) groups is 1. The van der Waals surface area contributed by atoms with E-state index in [1.807, 2.05) is 43.4 Å². The van der Waals surface area contributed by atoms with Gasteiger partial charge in [0.05, 0.1) is 17.8 Å². The van der Waals surface area contributed by atoms with E-state index >= 15 is 0 Å². The summed E-state index contributed by atoms with van der Waals surface area (Å²) < 4.78 is 6.13. The van der Waals surface area contributed by atoms with E-state index in [1.54, 1.807) is 11.0 Å². The summed E-state index contributed by atoms with van der Waals surface area (Å²) in [6, 6.07) is 13.1. The van der Waals surface area contributed by atoms with Gasteiger partial charge in [-0.25, -0.2) is 0 Å². The molecule has 2 aliphatic rings. The van der Waals surface area contributed by atoms with Crippen LogP contribution in [0, 0.1) is 0 Å². The van der Waals surface area contributed by atoms with Gasteiger partial charge in [0.25, 0.3) is 0 Å². The molecule has 6 heteroatoms. The fourth-order valence-electron chi connectivity index (χ4n) is 4.02. The summed E-state index contributed by atoms with van der Waals surface area (Å²) >= 11 is 12.5. The monoisotopic (exact) mass is 432 g/mol. The second-order valence-electron chi connectivity index (χ2n) is 7.90. The average Bonchev–Trinajstić information content (AvgIpc) is 3.15. The highest BCUT2D eigenvalue weighted by atomic mass is 35.5. The van der Waals surface area contributed by atoms with Gasteiger partial charge < -0.3 is 9.64 Å². The molecule has 1 atom stereocenters. The number of hydrogen-bond donors (Lipinski definition) is 0. The Labute approximate surface area is 182 Å². The van der Waals surface area contributed by atoms with Crippen LogP contribution in [0.4, 0.5) is 5.69 Å². The van der Waals surface area contributed by atoms with Gasteiger partial charge in [-0.15, -0.1) is 0 Å². The molecule has 2 fully saturated rings. The minimum Gasteiger partial charge on any atom is -0.488 e. The predicted molar refractivity (Wildman–Crippen MR) is 118 cm³/mol. The third-order valence-electron chi connectivity index (χ3n) is 5.93. The van der Waals surface area contributed by atoms with Crippen molar-refractivity contribution in [2.24, 2.45) is 0 Å². The van der Waals surface area contributed by atoms with Crippen LogP contribution in [0.2, 0.25) is 10.0 Å². The maximum absolute atomic E-state index is 13.4. The molecule has 0 aromatic heterocycles. The number of hydrogen-bond acceptors (Lipinski definition) is 3. The Morgan fingerprint density at radius 3 is 2.69 bits per heavy atom. The molecule has 1 saturated carbocycles. The van der Waals surface area contributed by atoms with Gasteiger partial charge in [0.1, 0.15) is 5.75 Å². The van der Waals surface area contributed by atoms with Crippen LogP contribution >= 0.6 is 23.2 Å².